The van der Waals surface area contributed by atoms with Crippen molar-refractivity contribution in [3.8, 4) is 5.75 Å². The fourth-order valence-electron chi connectivity index (χ4n) is 3.20. The molecule has 0 saturated carbocycles. The highest BCUT2D eigenvalue weighted by molar-refractivity contribution is 7.80. The topological polar surface area (TPSA) is 94.4 Å². The zero-order valence-electron chi connectivity index (χ0n) is 18.8. The number of rotatable bonds is 11. The number of thiocarbonyl (C=S) groups is 1. The Kier molecular flexibility index (Phi) is 9.38. The molecule has 0 amide bonds. The number of carbonyl (C=O) groups is 1. The second kappa shape index (κ2) is 11.8. The number of ether oxygens (including phenoxy) is 2. The quantitative estimate of drug-likeness (QED) is 0.198. The average molecular weight is 503 g/mol. The van der Waals surface area contributed by atoms with Crippen molar-refractivity contribution < 1.29 is 37.4 Å². The van der Waals surface area contributed by atoms with Crippen LogP contribution in [0.4, 0.5) is 13.2 Å². The first-order valence-corrected chi connectivity index (χ1v) is 10.4. The van der Waals surface area contributed by atoms with E-state index >= 15 is 0 Å². The van der Waals surface area contributed by atoms with Gasteiger partial charge in [0.2, 0.25) is 0 Å². The van der Waals surface area contributed by atoms with Crippen molar-refractivity contribution in [2.24, 2.45) is 0 Å². The highest BCUT2D eigenvalue weighted by Crippen LogP contribution is 2.42. The smallest absolute Gasteiger partial charge is 0.420 e. The van der Waals surface area contributed by atoms with Crippen molar-refractivity contribution in [3.63, 3.8) is 0 Å². The molecule has 0 aromatic heterocycles. The molecule has 0 fully saturated rings. The van der Waals surface area contributed by atoms with Gasteiger partial charge in [-0.05, 0) is 30.0 Å². The Labute approximate surface area is 199 Å². The van der Waals surface area contributed by atoms with E-state index in [1.165, 1.54) is 43.3 Å². The van der Waals surface area contributed by atoms with E-state index in [0.717, 1.165) is 0 Å². The van der Waals surface area contributed by atoms with E-state index in [9.17, 15) is 28.1 Å². The van der Waals surface area contributed by atoms with E-state index in [-0.39, 0.29) is 47.8 Å². The van der Waals surface area contributed by atoms with E-state index in [1.54, 1.807) is 18.0 Å². The van der Waals surface area contributed by atoms with Crippen LogP contribution >= 0.6 is 12.2 Å². The highest BCUT2D eigenvalue weighted by atomic mass is 32.1. The summed E-state index contributed by atoms with van der Waals surface area (Å²) in [5.74, 6) is -0.882. The number of carbonyl (C=O) groups excluding carboxylic acids is 1. The number of nitrogens with zero attached hydrogens (tertiary/aromatic N) is 3. The Morgan fingerprint density at radius 2 is 1.79 bits per heavy atom. The molecule has 2 rings (SSSR count). The molecule has 0 spiro atoms. The maximum atomic E-state index is 13.7. The predicted octanol–water partition coefficient (Wildman–Crippen LogP) is 3.16. The lowest BCUT2D eigenvalue weighted by atomic mass is 9.98. The summed E-state index contributed by atoms with van der Waals surface area (Å²) in [4.78, 5) is 29.8. The van der Waals surface area contributed by atoms with E-state index < -0.39 is 22.8 Å². The number of methoxy groups -OCH3 is 1. The molecule has 34 heavy (non-hydrogen) atoms. The van der Waals surface area contributed by atoms with Gasteiger partial charge in [0.15, 0.2) is 0 Å². The number of halogens is 3. The third kappa shape index (κ3) is 7.15. The van der Waals surface area contributed by atoms with Crippen LogP contribution in [-0.2, 0) is 20.5 Å². The van der Waals surface area contributed by atoms with Crippen LogP contribution in [0, 0.1) is 10.1 Å². The van der Waals surface area contributed by atoms with Crippen LogP contribution in [0.3, 0.4) is 0 Å². The lowest BCUT2D eigenvalue weighted by molar-refractivity contribution is -0.757. The molecule has 2 aromatic rings. The molecule has 0 atom stereocenters. The van der Waals surface area contributed by atoms with Crippen molar-refractivity contribution in [3.05, 3.63) is 51.6 Å². The predicted molar refractivity (Wildman–Crippen MR) is 121 cm³/mol. The van der Waals surface area contributed by atoms with Gasteiger partial charge < -0.3 is 24.1 Å². The first-order chi connectivity index (χ1) is 16.0. The number of esters is 1. The van der Waals surface area contributed by atoms with E-state index in [0.29, 0.717) is 12.1 Å². The van der Waals surface area contributed by atoms with Gasteiger partial charge in [-0.3, -0.25) is 4.79 Å². The van der Waals surface area contributed by atoms with Gasteiger partial charge in [-0.1, -0.05) is 30.4 Å². The Morgan fingerprint density at radius 3 is 2.41 bits per heavy atom. The summed E-state index contributed by atoms with van der Waals surface area (Å²) in [5, 5.41) is 9.46. The molecule has 0 saturated heterocycles. The summed E-state index contributed by atoms with van der Waals surface area (Å²) in [7, 11) is 4.39. The third-order valence-electron chi connectivity index (χ3n) is 4.88. The monoisotopic (exact) mass is 503 g/mol. The highest BCUT2D eigenvalue weighted by Gasteiger charge is 2.36. The normalized spacial score (nSPS) is 11.4. The molecule has 0 heterocycles. The zero-order valence-corrected chi connectivity index (χ0v) is 19.6. The zero-order chi connectivity index (χ0) is 25.5. The number of fused-ring (bicyclic) bond motifs is 1. The lowest BCUT2D eigenvalue weighted by Gasteiger charge is -2.22. The number of hydrogen-bond donors (Lipinski definition) is 0. The van der Waals surface area contributed by atoms with Crippen molar-refractivity contribution >= 4 is 33.9 Å². The van der Waals surface area contributed by atoms with Crippen molar-refractivity contribution in [2.75, 3.05) is 54.1 Å². The van der Waals surface area contributed by atoms with Gasteiger partial charge in [0.1, 0.15) is 36.1 Å². The van der Waals surface area contributed by atoms with E-state index in [2.05, 4.69) is 4.84 Å². The fraction of sp³-hybridized carbons (Fsp3) is 0.429. The molecule has 0 N–H and O–H groups in total. The summed E-state index contributed by atoms with van der Waals surface area (Å²) < 4.78 is 51.1. The fourth-order valence-corrected chi connectivity index (χ4v) is 3.44. The first kappa shape index (κ1) is 27.1. The summed E-state index contributed by atoms with van der Waals surface area (Å²) >= 11 is 5.44. The minimum absolute atomic E-state index is 0.0391. The average Bonchev–Trinajstić information content (AvgIpc) is 2.76. The lowest BCUT2D eigenvalue weighted by Crippen LogP contribution is -2.34. The molecule has 0 radical (unpaired) electrons. The number of alkyl halides is 3. The summed E-state index contributed by atoms with van der Waals surface area (Å²) in [6.45, 7) is 0.311. The molecule has 0 aliphatic carbocycles. The van der Waals surface area contributed by atoms with Crippen LogP contribution in [-0.4, -0.2) is 79.9 Å². The summed E-state index contributed by atoms with van der Waals surface area (Å²) in [6.07, 6.45) is -4.64. The Morgan fingerprint density at radius 1 is 1.12 bits per heavy atom. The van der Waals surface area contributed by atoms with Gasteiger partial charge in [0.25, 0.3) is 5.09 Å². The van der Waals surface area contributed by atoms with Gasteiger partial charge in [0.05, 0.1) is 7.11 Å². The minimum atomic E-state index is -4.64. The molecule has 0 bridgehead atoms. The molecule has 2 aromatic carbocycles. The third-order valence-corrected chi connectivity index (χ3v) is 5.41. The van der Waals surface area contributed by atoms with Gasteiger partial charge in [0, 0.05) is 25.7 Å². The van der Waals surface area contributed by atoms with Crippen LogP contribution in [0.2, 0.25) is 0 Å². The number of likely N-dealkylation sites (N-methyl/N-ethyl adjacent to an activating group) is 2. The van der Waals surface area contributed by atoms with Gasteiger partial charge >= 0.3 is 12.1 Å². The van der Waals surface area contributed by atoms with Gasteiger partial charge in [-0.25, -0.2) is 0 Å². The van der Waals surface area contributed by atoms with Crippen molar-refractivity contribution in [2.45, 2.75) is 6.18 Å². The molecule has 186 valence electrons. The number of hydrogen-bond acceptors (Lipinski definition) is 8. The maximum Gasteiger partial charge on any atom is 0.420 e. The Bertz CT molecular complexity index is 1050. The van der Waals surface area contributed by atoms with Gasteiger partial charge in [-0.2, -0.15) is 13.2 Å². The second-order valence-electron chi connectivity index (χ2n) is 7.28. The Balaban J connectivity index is 2.05. The molecule has 0 aliphatic rings. The SMILES string of the molecule is COc1ccc2c(C(=S)N(C)CC(=O)OCCN(C)CCO[N+](=O)[O-])cccc2c1C(F)(F)F. The minimum Gasteiger partial charge on any atom is -0.496 e. The number of benzene rings is 2. The molecule has 9 nitrogen and oxygen atoms in total. The van der Waals surface area contributed by atoms with Crippen molar-refractivity contribution in [1.29, 1.82) is 0 Å². The van der Waals surface area contributed by atoms with Crippen LogP contribution in [0.15, 0.2) is 30.3 Å². The van der Waals surface area contributed by atoms with Crippen molar-refractivity contribution in [1.82, 2.24) is 9.80 Å². The van der Waals surface area contributed by atoms with E-state index in [4.69, 9.17) is 21.7 Å². The second-order valence-corrected chi connectivity index (χ2v) is 7.67. The van der Waals surface area contributed by atoms with Crippen LogP contribution in [0.5, 0.6) is 5.75 Å². The molecule has 13 heteroatoms. The van der Waals surface area contributed by atoms with Gasteiger partial charge in [-0.15, -0.1) is 10.1 Å². The van der Waals surface area contributed by atoms with Crippen LogP contribution in [0.1, 0.15) is 11.1 Å². The van der Waals surface area contributed by atoms with Crippen LogP contribution < -0.4 is 4.74 Å². The molecular weight excluding hydrogens is 479 g/mol. The first-order valence-electron chi connectivity index (χ1n) is 9.99. The largest absolute Gasteiger partial charge is 0.496 e. The standard InChI is InChI=1S/C21H24F3N3O6S/c1-25(10-12-33-27(29)30)9-11-32-18(28)13-26(2)20(34)16-6-4-5-15-14(16)7-8-17(31-3)19(15)21(22,23)24/h4-8H,9-13H2,1-3H3. The molecule has 0 aliphatic heterocycles. The molecular formula is C21H24F3N3O6S. The maximum absolute atomic E-state index is 13.7. The van der Waals surface area contributed by atoms with E-state index in [1.807, 2.05) is 0 Å². The summed E-state index contributed by atoms with van der Waals surface area (Å²) in [5.41, 5.74) is -0.534. The molecule has 0 unspecified atom stereocenters. The van der Waals surface area contributed by atoms with Crippen LogP contribution in [0.25, 0.3) is 10.8 Å². The Hall–Kier alpha value is -3.19. The summed E-state index contributed by atoms with van der Waals surface area (Å²) in [6, 6.07) is 7.12.